The molecule has 28 heavy (non-hydrogen) atoms. The van der Waals surface area contributed by atoms with Crippen LogP contribution in [-0.4, -0.2) is 28.5 Å². The van der Waals surface area contributed by atoms with E-state index in [0.29, 0.717) is 17.0 Å². The summed E-state index contributed by atoms with van der Waals surface area (Å²) in [5.41, 5.74) is 0.328. The monoisotopic (exact) mass is 384 g/mol. The molecule has 1 aliphatic carbocycles. The number of hydrogen-bond donors (Lipinski definition) is 2. The Hall–Kier alpha value is -2.89. The molecule has 0 saturated heterocycles. The highest BCUT2D eigenvalue weighted by Crippen LogP contribution is 2.38. The second kappa shape index (κ2) is 8.00. The Morgan fingerprint density at radius 2 is 1.96 bits per heavy atom. The van der Waals surface area contributed by atoms with Crippen molar-refractivity contribution in [1.29, 1.82) is 5.41 Å². The number of pyridine rings is 1. The van der Waals surface area contributed by atoms with Gasteiger partial charge in [0.25, 0.3) is 0 Å². The van der Waals surface area contributed by atoms with Gasteiger partial charge in [-0.15, -0.1) is 0 Å². The van der Waals surface area contributed by atoms with Crippen LogP contribution in [0.25, 0.3) is 6.08 Å². The van der Waals surface area contributed by atoms with Crippen LogP contribution in [0.2, 0.25) is 0 Å². The SMILES string of the molecule is COC1=CC=CC(=N)/C1=C/c1cc(=O)c(C(=O)O)cn1C(C(C)C)C(C)(C)C. The first kappa shape index (κ1) is 21.4. The number of rotatable bonds is 5. The summed E-state index contributed by atoms with van der Waals surface area (Å²) >= 11 is 0. The number of hydrogen-bond acceptors (Lipinski definition) is 4. The number of ether oxygens (including phenoxy) is 1. The Kier molecular flexibility index (Phi) is 6.12. The first-order valence-electron chi connectivity index (χ1n) is 9.20. The number of allylic oxidation sites excluding steroid dienone is 4. The van der Waals surface area contributed by atoms with Crippen molar-refractivity contribution in [3.8, 4) is 0 Å². The first-order valence-corrected chi connectivity index (χ1v) is 9.20. The molecule has 1 aliphatic rings. The van der Waals surface area contributed by atoms with Gasteiger partial charge in [-0.2, -0.15) is 0 Å². The minimum absolute atomic E-state index is 0.0682. The number of methoxy groups -OCH3 is 1. The summed E-state index contributed by atoms with van der Waals surface area (Å²) in [6.07, 6.45) is 8.26. The van der Waals surface area contributed by atoms with Gasteiger partial charge in [0.1, 0.15) is 11.3 Å². The minimum Gasteiger partial charge on any atom is -0.496 e. The van der Waals surface area contributed by atoms with Gasteiger partial charge in [-0.3, -0.25) is 4.79 Å². The van der Waals surface area contributed by atoms with Crippen LogP contribution in [0.3, 0.4) is 0 Å². The molecule has 1 aromatic rings. The van der Waals surface area contributed by atoms with Crippen molar-refractivity contribution in [3.05, 3.63) is 63.3 Å². The first-order chi connectivity index (χ1) is 13.0. The van der Waals surface area contributed by atoms with Crippen LogP contribution in [-0.2, 0) is 4.74 Å². The highest BCUT2D eigenvalue weighted by atomic mass is 16.5. The Labute approximate surface area is 165 Å². The van der Waals surface area contributed by atoms with E-state index in [1.807, 2.05) is 4.57 Å². The van der Waals surface area contributed by atoms with Crippen LogP contribution in [0, 0.1) is 16.7 Å². The topological polar surface area (TPSA) is 92.4 Å². The van der Waals surface area contributed by atoms with Gasteiger partial charge in [-0.05, 0) is 29.6 Å². The third-order valence-corrected chi connectivity index (χ3v) is 4.74. The average Bonchev–Trinajstić information content (AvgIpc) is 2.56. The lowest BCUT2D eigenvalue weighted by molar-refractivity contribution is 0.0692. The molecule has 6 heteroatoms. The van der Waals surface area contributed by atoms with E-state index >= 15 is 0 Å². The number of nitrogens with zero attached hydrogens (tertiary/aromatic N) is 1. The maximum Gasteiger partial charge on any atom is 0.341 e. The molecule has 0 spiro atoms. The lowest BCUT2D eigenvalue weighted by Gasteiger charge is -2.37. The van der Waals surface area contributed by atoms with E-state index in [4.69, 9.17) is 10.1 Å². The molecular formula is C22H28N2O4. The molecular weight excluding hydrogens is 356 g/mol. The fourth-order valence-corrected chi connectivity index (χ4v) is 3.84. The van der Waals surface area contributed by atoms with E-state index < -0.39 is 11.4 Å². The second-order valence-electron chi connectivity index (χ2n) is 8.31. The van der Waals surface area contributed by atoms with E-state index in [1.54, 1.807) is 24.3 Å². The van der Waals surface area contributed by atoms with E-state index in [2.05, 4.69) is 34.6 Å². The molecule has 1 atom stereocenters. The van der Waals surface area contributed by atoms with Crippen molar-refractivity contribution in [2.24, 2.45) is 11.3 Å². The van der Waals surface area contributed by atoms with Crippen molar-refractivity contribution in [2.45, 2.75) is 40.7 Å². The van der Waals surface area contributed by atoms with Crippen molar-refractivity contribution in [2.75, 3.05) is 7.11 Å². The maximum atomic E-state index is 12.4. The van der Waals surface area contributed by atoms with Crippen molar-refractivity contribution < 1.29 is 14.6 Å². The Bertz CT molecular complexity index is 940. The van der Waals surface area contributed by atoms with Gasteiger partial charge < -0.3 is 19.8 Å². The van der Waals surface area contributed by atoms with Gasteiger partial charge >= 0.3 is 5.97 Å². The molecule has 2 rings (SSSR count). The van der Waals surface area contributed by atoms with E-state index in [-0.39, 0.29) is 28.6 Å². The predicted octanol–water partition coefficient (Wildman–Crippen LogP) is 4.29. The van der Waals surface area contributed by atoms with E-state index in [1.165, 1.54) is 19.4 Å². The third kappa shape index (κ3) is 4.32. The highest BCUT2D eigenvalue weighted by Gasteiger charge is 2.31. The fraction of sp³-hybridized carbons (Fsp3) is 0.409. The minimum atomic E-state index is -1.25. The zero-order valence-electron chi connectivity index (χ0n) is 17.2. The zero-order chi connectivity index (χ0) is 21.2. The second-order valence-corrected chi connectivity index (χ2v) is 8.31. The predicted molar refractivity (Wildman–Crippen MR) is 111 cm³/mol. The largest absolute Gasteiger partial charge is 0.496 e. The van der Waals surface area contributed by atoms with Crippen LogP contribution in [0.4, 0.5) is 0 Å². The molecule has 0 aromatic carbocycles. The number of carbonyl (C=O) groups is 1. The lowest BCUT2D eigenvalue weighted by Crippen LogP contribution is -2.32. The van der Waals surface area contributed by atoms with Gasteiger partial charge in [0.05, 0.1) is 12.8 Å². The molecule has 1 heterocycles. The van der Waals surface area contributed by atoms with Crippen molar-refractivity contribution in [1.82, 2.24) is 4.57 Å². The molecule has 0 aliphatic heterocycles. The maximum absolute atomic E-state index is 12.4. The van der Waals surface area contributed by atoms with Gasteiger partial charge in [0, 0.05) is 29.6 Å². The summed E-state index contributed by atoms with van der Waals surface area (Å²) in [4.78, 5) is 24.0. The number of carboxylic acid groups (broad SMARTS) is 1. The summed E-state index contributed by atoms with van der Waals surface area (Å²) < 4.78 is 7.22. The number of carboxylic acids is 1. The molecule has 1 unspecified atom stereocenters. The molecule has 0 bridgehead atoms. The summed E-state index contributed by atoms with van der Waals surface area (Å²) in [5, 5.41) is 17.7. The summed E-state index contributed by atoms with van der Waals surface area (Å²) in [5.74, 6) is -0.546. The molecule has 150 valence electrons. The molecule has 6 nitrogen and oxygen atoms in total. The zero-order valence-corrected chi connectivity index (χ0v) is 17.2. The van der Waals surface area contributed by atoms with E-state index in [0.717, 1.165) is 0 Å². The molecule has 2 N–H and O–H groups in total. The molecule has 1 aromatic heterocycles. The van der Waals surface area contributed by atoms with Gasteiger partial charge in [0.2, 0.25) is 0 Å². The average molecular weight is 384 g/mol. The van der Waals surface area contributed by atoms with E-state index in [9.17, 15) is 14.7 Å². The van der Waals surface area contributed by atoms with Crippen LogP contribution in [0.1, 0.15) is 56.7 Å². The molecule has 0 amide bonds. The third-order valence-electron chi connectivity index (χ3n) is 4.74. The lowest BCUT2D eigenvalue weighted by atomic mass is 9.79. The Morgan fingerprint density at radius 1 is 1.32 bits per heavy atom. The summed E-state index contributed by atoms with van der Waals surface area (Å²) in [6.45, 7) is 10.4. The van der Waals surface area contributed by atoms with Crippen LogP contribution in [0.5, 0.6) is 0 Å². The van der Waals surface area contributed by atoms with Crippen molar-refractivity contribution in [3.63, 3.8) is 0 Å². The summed E-state index contributed by atoms with van der Waals surface area (Å²) in [7, 11) is 1.53. The number of aromatic nitrogens is 1. The van der Waals surface area contributed by atoms with Crippen LogP contribution < -0.4 is 5.43 Å². The number of aromatic carboxylic acids is 1. The van der Waals surface area contributed by atoms with Crippen molar-refractivity contribution >= 4 is 17.8 Å². The quantitative estimate of drug-likeness (QED) is 0.792. The summed E-state index contributed by atoms with van der Waals surface area (Å²) in [6, 6.07) is 1.26. The smallest absolute Gasteiger partial charge is 0.341 e. The Balaban J connectivity index is 2.82. The number of nitrogens with one attached hydrogen (secondary N) is 1. The van der Waals surface area contributed by atoms with Gasteiger partial charge in [-0.25, -0.2) is 4.79 Å². The molecule has 0 fully saturated rings. The fourth-order valence-electron chi connectivity index (χ4n) is 3.84. The standard InChI is InChI=1S/C22H28N2O4/c1-13(2)20(22(3,4)5)24-12-16(21(26)27)18(25)11-14(24)10-15-17(23)8-7-9-19(15)28-6/h7-13,20,23H,1-6H3,(H,26,27)/b15-10-,23-17?. The van der Waals surface area contributed by atoms with Crippen LogP contribution in [0.15, 0.2) is 46.6 Å². The molecule has 0 radical (unpaired) electrons. The highest BCUT2D eigenvalue weighted by molar-refractivity contribution is 6.13. The Morgan fingerprint density at radius 3 is 2.46 bits per heavy atom. The normalized spacial score (nSPS) is 17.0. The van der Waals surface area contributed by atoms with Gasteiger partial charge in [0.15, 0.2) is 5.43 Å². The van der Waals surface area contributed by atoms with Gasteiger partial charge in [-0.1, -0.05) is 40.7 Å². The molecule has 0 saturated carbocycles. The van der Waals surface area contributed by atoms with Crippen LogP contribution >= 0.6 is 0 Å².